The zero-order valence-corrected chi connectivity index (χ0v) is 10.1. The van der Waals surface area contributed by atoms with E-state index in [1.165, 1.54) is 0 Å². The Morgan fingerprint density at radius 1 is 1.53 bits per heavy atom. The van der Waals surface area contributed by atoms with Crippen LogP contribution in [0.15, 0.2) is 0 Å². The van der Waals surface area contributed by atoms with Crippen molar-refractivity contribution >= 4 is 5.91 Å². The first-order valence-corrected chi connectivity index (χ1v) is 5.67. The molecule has 1 aromatic heterocycles. The molecule has 2 heterocycles. The van der Waals surface area contributed by atoms with Crippen molar-refractivity contribution in [3.05, 3.63) is 17.0 Å². The van der Waals surface area contributed by atoms with Crippen LogP contribution in [0.1, 0.15) is 21.7 Å². The van der Waals surface area contributed by atoms with Crippen LogP contribution in [-0.4, -0.2) is 48.6 Å². The molecule has 1 aromatic rings. The van der Waals surface area contributed by atoms with Gasteiger partial charge in [0.15, 0.2) is 0 Å². The van der Waals surface area contributed by atoms with Crippen molar-refractivity contribution in [1.82, 2.24) is 15.5 Å². The Labute approximate surface area is 99.7 Å². The van der Waals surface area contributed by atoms with Gasteiger partial charge < -0.3 is 14.8 Å². The summed E-state index contributed by atoms with van der Waals surface area (Å²) in [6.07, 6.45) is -0.0554. The summed E-state index contributed by atoms with van der Waals surface area (Å²) in [5, 5.41) is 9.61. The van der Waals surface area contributed by atoms with Crippen molar-refractivity contribution in [3.63, 3.8) is 0 Å². The van der Waals surface area contributed by atoms with Gasteiger partial charge in [-0.1, -0.05) is 0 Å². The minimum Gasteiger partial charge on any atom is -0.376 e. The highest BCUT2D eigenvalue weighted by molar-refractivity contribution is 5.96. The van der Waals surface area contributed by atoms with Crippen LogP contribution >= 0.6 is 0 Å². The fraction of sp³-hybridized carbons (Fsp3) is 0.636. The summed E-state index contributed by atoms with van der Waals surface area (Å²) in [6.45, 7) is 5.84. The monoisotopic (exact) mass is 239 g/mol. The summed E-state index contributed by atoms with van der Waals surface area (Å²) in [4.78, 5) is 11.9. The van der Waals surface area contributed by atoms with E-state index in [2.05, 4.69) is 15.5 Å². The van der Waals surface area contributed by atoms with Crippen molar-refractivity contribution < 1.29 is 14.3 Å². The van der Waals surface area contributed by atoms with Gasteiger partial charge in [-0.05, 0) is 13.8 Å². The summed E-state index contributed by atoms with van der Waals surface area (Å²) in [6, 6.07) is 0. The minimum absolute atomic E-state index is 0.0554. The summed E-state index contributed by atoms with van der Waals surface area (Å²) in [5.41, 5.74) is 2.10. The van der Waals surface area contributed by atoms with Crippen LogP contribution in [0.2, 0.25) is 0 Å². The van der Waals surface area contributed by atoms with Crippen molar-refractivity contribution in [2.45, 2.75) is 20.0 Å². The molecule has 6 nitrogen and oxygen atoms in total. The molecular weight excluding hydrogens is 222 g/mol. The molecule has 0 aliphatic carbocycles. The lowest BCUT2D eigenvalue weighted by Crippen LogP contribution is -2.39. The number of hydrogen-bond donors (Lipinski definition) is 2. The number of carbonyl (C=O) groups is 1. The molecular formula is C11H17N3O3. The van der Waals surface area contributed by atoms with Gasteiger partial charge in [-0.3, -0.25) is 9.89 Å². The van der Waals surface area contributed by atoms with Gasteiger partial charge in [0.1, 0.15) is 0 Å². The maximum atomic E-state index is 11.9. The van der Waals surface area contributed by atoms with Crippen LogP contribution in [0.25, 0.3) is 0 Å². The van der Waals surface area contributed by atoms with Gasteiger partial charge in [0.25, 0.3) is 5.91 Å². The second-order valence-electron chi connectivity index (χ2n) is 4.09. The maximum absolute atomic E-state index is 11.9. The van der Waals surface area contributed by atoms with Crippen LogP contribution < -0.4 is 5.32 Å². The fourth-order valence-electron chi connectivity index (χ4n) is 1.83. The van der Waals surface area contributed by atoms with Gasteiger partial charge >= 0.3 is 0 Å². The van der Waals surface area contributed by atoms with Crippen LogP contribution in [0.5, 0.6) is 0 Å². The zero-order valence-electron chi connectivity index (χ0n) is 10.1. The van der Waals surface area contributed by atoms with Gasteiger partial charge in [-0.15, -0.1) is 0 Å². The van der Waals surface area contributed by atoms with Crippen LogP contribution in [0.3, 0.4) is 0 Å². The van der Waals surface area contributed by atoms with Crippen molar-refractivity contribution in [2.75, 3.05) is 26.4 Å². The van der Waals surface area contributed by atoms with E-state index in [9.17, 15) is 4.79 Å². The third kappa shape index (κ3) is 2.83. The van der Waals surface area contributed by atoms with Gasteiger partial charge in [0.2, 0.25) is 0 Å². The summed E-state index contributed by atoms with van der Waals surface area (Å²) in [5.74, 6) is -0.122. The lowest BCUT2D eigenvalue weighted by Gasteiger charge is -2.23. The van der Waals surface area contributed by atoms with Gasteiger partial charge in [-0.2, -0.15) is 5.10 Å². The standard InChI is InChI=1S/C11H17N3O3/c1-7-10(8(2)14-13-7)11(15)12-5-9-6-16-3-4-17-9/h9H,3-6H2,1-2H3,(H,12,15)(H,13,14). The van der Waals surface area contributed by atoms with Gasteiger partial charge in [-0.25, -0.2) is 0 Å². The smallest absolute Gasteiger partial charge is 0.255 e. The SMILES string of the molecule is Cc1n[nH]c(C)c1C(=O)NCC1COCCO1. The molecule has 1 unspecified atom stereocenters. The van der Waals surface area contributed by atoms with Gasteiger partial charge in [0, 0.05) is 12.2 Å². The molecule has 2 rings (SSSR count). The number of aryl methyl sites for hydroxylation is 2. The third-order valence-electron chi connectivity index (χ3n) is 2.73. The first kappa shape index (κ1) is 12.1. The molecule has 6 heteroatoms. The molecule has 1 aliphatic rings. The number of carbonyl (C=O) groups excluding carboxylic acids is 1. The number of hydrogen-bond acceptors (Lipinski definition) is 4. The average Bonchev–Trinajstić information content (AvgIpc) is 2.67. The van der Waals surface area contributed by atoms with Crippen LogP contribution in [-0.2, 0) is 9.47 Å². The average molecular weight is 239 g/mol. The highest BCUT2D eigenvalue weighted by Gasteiger charge is 2.18. The van der Waals surface area contributed by atoms with Gasteiger partial charge in [0.05, 0.1) is 37.2 Å². The summed E-state index contributed by atoms with van der Waals surface area (Å²) < 4.78 is 10.7. The molecule has 1 amide bonds. The van der Waals surface area contributed by atoms with E-state index in [4.69, 9.17) is 9.47 Å². The lowest BCUT2D eigenvalue weighted by molar-refractivity contribution is -0.0855. The number of amides is 1. The Kier molecular flexibility index (Phi) is 3.75. The molecule has 1 atom stereocenters. The normalized spacial score (nSPS) is 20.2. The fourth-order valence-corrected chi connectivity index (χ4v) is 1.83. The number of aromatic amines is 1. The molecule has 1 fully saturated rings. The number of rotatable bonds is 3. The van der Waals surface area contributed by atoms with E-state index < -0.39 is 0 Å². The quantitative estimate of drug-likeness (QED) is 0.788. The maximum Gasteiger partial charge on any atom is 0.255 e. The zero-order chi connectivity index (χ0) is 12.3. The second kappa shape index (κ2) is 5.29. The first-order chi connectivity index (χ1) is 8.18. The predicted octanol–water partition coefficient (Wildman–Crippen LogP) is 0.172. The molecule has 94 valence electrons. The lowest BCUT2D eigenvalue weighted by atomic mass is 10.2. The largest absolute Gasteiger partial charge is 0.376 e. The first-order valence-electron chi connectivity index (χ1n) is 5.67. The third-order valence-corrected chi connectivity index (χ3v) is 2.73. The highest BCUT2D eigenvalue weighted by atomic mass is 16.6. The number of nitrogens with one attached hydrogen (secondary N) is 2. The Balaban J connectivity index is 1.89. The molecule has 0 spiro atoms. The predicted molar refractivity (Wildman–Crippen MR) is 61.0 cm³/mol. The highest BCUT2D eigenvalue weighted by Crippen LogP contribution is 2.09. The summed E-state index contributed by atoms with van der Waals surface area (Å²) in [7, 11) is 0. The van der Waals surface area contributed by atoms with Crippen molar-refractivity contribution in [1.29, 1.82) is 0 Å². The number of aromatic nitrogens is 2. The molecule has 1 aliphatic heterocycles. The molecule has 17 heavy (non-hydrogen) atoms. The minimum atomic E-state index is -0.122. The van der Waals surface area contributed by atoms with E-state index in [0.717, 1.165) is 5.69 Å². The Hall–Kier alpha value is -1.40. The van der Waals surface area contributed by atoms with Crippen molar-refractivity contribution in [3.8, 4) is 0 Å². The van der Waals surface area contributed by atoms with E-state index in [1.807, 2.05) is 6.92 Å². The van der Waals surface area contributed by atoms with Crippen LogP contribution in [0.4, 0.5) is 0 Å². The molecule has 0 saturated carbocycles. The number of nitrogens with zero attached hydrogens (tertiary/aromatic N) is 1. The Morgan fingerprint density at radius 3 is 2.94 bits per heavy atom. The molecule has 0 radical (unpaired) electrons. The van der Waals surface area contributed by atoms with E-state index in [-0.39, 0.29) is 12.0 Å². The van der Waals surface area contributed by atoms with Crippen molar-refractivity contribution in [2.24, 2.45) is 0 Å². The molecule has 0 aromatic carbocycles. The van der Waals surface area contributed by atoms with E-state index >= 15 is 0 Å². The topological polar surface area (TPSA) is 76.2 Å². The molecule has 1 saturated heterocycles. The van der Waals surface area contributed by atoms with E-state index in [1.54, 1.807) is 6.92 Å². The molecule has 2 N–H and O–H groups in total. The number of H-pyrrole nitrogens is 1. The second-order valence-corrected chi connectivity index (χ2v) is 4.09. The Bertz CT molecular complexity index is 377. The van der Waals surface area contributed by atoms with E-state index in [0.29, 0.717) is 37.6 Å². The Morgan fingerprint density at radius 2 is 2.35 bits per heavy atom. The number of ether oxygens (including phenoxy) is 2. The van der Waals surface area contributed by atoms with Crippen LogP contribution in [0, 0.1) is 13.8 Å². The summed E-state index contributed by atoms with van der Waals surface area (Å²) >= 11 is 0. The molecule has 0 bridgehead atoms.